The Hall–Kier alpha value is -2.40. The second kappa shape index (κ2) is 7.56. The van der Waals surface area contributed by atoms with E-state index in [0.29, 0.717) is 6.54 Å². The molecule has 2 rings (SSSR count). The van der Waals surface area contributed by atoms with Gasteiger partial charge < -0.3 is 10.6 Å². The van der Waals surface area contributed by atoms with Gasteiger partial charge in [0.2, 0.25) is 0 Å². The van der Waals surface area contributed by atoms with Gasteiger partial charge in [0, 0.05) is 12.1 Å². The van der Waals surface area contributed by atoms with Crippen LogP contribution in [0.5, 0.6) is 0 Å². The van der Waals surface area contributed by atoms with E-state index in [1.54, 1.807) is 6.92 Å². The van der Waals surface area contributed by atoms with Crippen LogP contribution in [0.25, 0.3) is 10.8 Å². The van der Waals surface area contributed by atoms with E-state index in [1.165, 1.54) is 16.3 Å². The Bertz CT molecular complexity index is 665. The zero-order chi connectivity index (χ0) is 15.9. The van der Waals surface area contributed by atoms with E-state index in [-0.39, 0.29) is 18.5 Å². The highest BCUT2D eigenvalue weighted by atomic mass is 16.2. The van der Waals surface area contributed by atoms with Crippen LogP contribution < -0.4 is 16.0 Å². The highest BCUT2D eigenvalue weighted by molar-refractivity contribution is 5.94. The average molecular weight is 300 g/mol. The molecule has 0 unspecified atom stereocenters. The van der Waals surface area contributed by atoms with E-state index < -0.39 is 6.03 Å². The van der Waals surface area contributed by atoms with Crippen molar-refractivity contribution in [1.29, 1.82) is 0 Å². The summed E-state index contributed by atoms with van der Waals surface area (Å²) in [6, 6.07) is 14.1. The lowest BCUT2D eigenvalue weighted by molar-refractivity contribution is -0.682. The van der Waals surface area contributed by atoms with Crippen LogP contribution in [-0.2, 0) is 4.79 Å². The van der Waals surface area contributed by atoms with Gasteiger partial charge in [0.25, 0.3) is 5.91 Å². The number of benzene rings is 2. The molecule has 0 aromatic heterocycles. The summed E-state index contributed by atoms with van der Waals surface area (Å²) >= 11 is 0. The normalized spacial score (nSPS) is 11.9. The molecule has 5 heteroatoms. The molecule has 5 nitrogen and oxygen atoms in total. The van der Waals surface area contributed by atoms with Crippen molar-refractivity contribution in [3.63, 3.8) is 0 Å². The zero-order valence-corrected chi connectivity index (χ0v) is 12.9. The van der Waals surface area contributed by atoms with Crippen molar-refractivity contribution in [2.75, 3.05) is 13.1 Å². The highest BCUT2D eigenvalue weighted by Crippen LogP contribution is 2.21. The molecule has 22 heavy (non-hydrogen) atoms. The predicted octanol–water partition coefficient (Wildman–Crippen LogP) is 1.31. The minimum absolute atomic E-state index is 0.131. The Morgan fingerprint density at radius 2 is 1.86 bits per heavy atom. The van der Waals surface area contributed by atoms with E-state index >= 15 is 0 Å². The monoisotopic (exact) mass is 300 g/mol. The summed E-state index contributed by atoms with van der Waals surface area (Å²) in [5.74, 6) is -0.293. The molecule has 0 aliphatic carbocycles. The third kappa shape index (κ3) is 4.05. The standard InChI is InChI=1S/C17H21N3O2/c1-3-18-17(22)20-16(21)11-19-12(2)14-10-6-8-13-7-4-5-9-15(13)14/h4-10,12,19H,3,11H2,1-2H3,(H2,18,20,21,22)/p+1/t12-/m0/s1. The van der Waals surface area contributed by atoms with Crippen LogP contribution in [0, 0.1) is 0 Å². The molecular weight excluding hydrogens is 278 g/mol. The number of hydrogen-bond acceptors (Lipinski definition) is 2. The van der Waals surface area contributed by atoms with E-state index in [2.05, 4.69) is 41.8 Å². The van der Waals surface area contributed by atoms with Crippen LogP contribution in [0.2, 0.25) is 0 Å². The number of rotatable bonds is 5. The van der Waals surface area contributed by atoms with Crippen molar-refractivity contribution in [2.24, 2.45) is 0 Å². The van der Waals surface area contributed by atoms with Crippen molar-refractivity contribution < 1.29 is 14.9 Å². The summed E-state index contributed by atoms with van der Waals surface area (Å²) in [6.07, 6.45) is 0. The topological polar surface area (TPSA) is 74.8 Å². The van der Waals surface area contributed by atoms with Gasteiger partial charge in [-0.2, -0.15) is 0 Å². The summed E-state index contributed by atoms with van der Waals surface area (Å²) in [7, 11) is 0. The molecular formula is C17H22N3O2+. The first-order valence-electron chi connectivity index (χ1n) is 7.50. The number of imide groups is 1. The van der Waals surface area contributed by atoms with E-state index in [9.17, 15) is 9.59 Å². The molecule has 0 radical (unpaired) electrons. The molecule has 0 aliphatic heterocycles. The van der Waals surface area contributed by atoms with Crippen molar-refractivity contribution in [2.45, 2.75) is 19.9 Å². The van der Waals surface area contributed by atoms with E-state index in [4.69, 9.17) is 0 Å². The minimum atomic E-state index is -0.446. The van der Waals surface area contributed by atoms with Gasteiger partial charge in [0.05, 0.1) is 0 Å². The minimum Gasteiger partial charge on any atom is -0.338 e. The Morgan fingerprint density at radius 1 is 1.14 bits per heavy atom. The molecule has 0 heterocycles. The SMILES string of the molecule is CCNC(=O)NC(=O)C[NH2+][C@@H](C)c1cccc2ccccc12. The predicted molar refractivity (Wildman–Crippen MR) is 86.4 cm³/mol. The Kier molecular flexibility index (Phi) is 5.49. The first-order valence-corrected chi connectivity index (χ1v) is 7.50. The molecule has 0 saturated carbocycles. The maximum atomic E-state index is 11.7. The second-order valence-electron chi connectivity index (χ2n) is 5.20. The smallest absolute Gasteiger partial charge is 0.321 e. The lowest BCUT2D eigenvalue weighted by atomic mass is 10.00. The van der Waals surface area contributed by atoms with Gasteiger partial charge >= 0.3 is 6.03 Å². The molecule has 116 valence electrons. The number of hydrogen-bond donors (Lipinski definition) is 3. The second-order valence-corrected chi connectivity index (χ2v) is 5.20. The third-order valence-corrected chi connectivity index (χ3v) is 3.56. The number of urea groups is 1. The maximum absolute atomic E-state index is 11.7. The fourth-order valence-electron chi connectivity index (χ4n) is 2.44. The van der Waals surface area contributed by atoms with E-state index in [0.717, 1.165) is 0 Å². The van der Waals surface area contributed by atoms with Crippen molar-refractivity contribution >= 4 is 22.7 Å². The lowest BCUT2D eigenvalue weighted by Crippen LogP contribution is -2.87. The van der Waals surface area contributed by atoms with Gasteiger partial charge in [0.15, 0.2) is 6.54 Å². The molecule has 0 fully saturated rings. The molecule has 0 saturated heterocycles. The molecule has 3 amide bonds. The fraction of sp³-hybridized carbons (Fsp3) is 0.294. The van der Waals surface area contributed by atoms with Gasteiger partial charge in [-0.15, -0.1) is 0 Å². The maximum Gasteiger partial charge on any atom is 0.321 e. The highest BCUT2D eigenvalue weighted by Gasteiger charge is 2.15. The zero-order valence-electron chi connectivity index (χ0n) is 12.9. The third-order valence-electron chi connectivity index (χ3n) is 3.56. The number of quaternary nitrogens is 1. The van der Waals surface area contributed by atoms with Crippen LogP contribution >= 0.6 is 0 Å². The van der Waals surface area contributed by atoms with Crippen LogP contribution in [0.1, 0.15) is 25.5 Å². The number of carbonyl (C=O) groups is 2. The summed E-state index contributed by atoms with van der Waals surface area (Å²) in [4.78, 5) is 23.0. The van der Waals surface area contributed by atoms with Crippen LogP contribution in [-0.4, -0.2) is 25.0 Å². The summed E-state index contributed by atoms with van der Waals surface area (Å²) < 4.78 is 0. The number of amides is 3. The van der Waals surface area contributed by atoms with Gasteiger partial charge in [-0.25, -0.2) is 4.79 Å². The molecule has 0 bridgehead atoms. The Morgan fingerprint density at radius 3 is 2.64 bits per heavy atom. The Labute approximate surface area is 130 Å². The van der Waals surface area contributed by atoms with E-state index in [1.807, 2.05) is 23.5 Å². The number of carbonyl (C=O) groups excluding carboxylic acids is 2. The molecule has 0 aliphatic rings. The summed E-state index contributed by atoms with van der Waals surface area (Å²) in [6.45, 7) is 4.57. The largest absolute Gasteiger partial charge is 0.338 e. The first-order chi connectivity index (χ1) is 10.6. The molecule has 0 spiro atoms. The molecule has 2 aromatic rings. The van der Waals surface area contributed by atoms with Crippen LogP contribution in [0.4, 0.5) is 4.79 Å². The van der Waals surface area contributed by atoms with Crippen molar-refractivity contribution in [3.05, 3.63) is 48.0 Å². The Balaban J connectivity index is 1.98. The van der Waals surface area contributed by atoms with Gasteiger partial charge in [-0.05, 0) is 24.6 Å². The molecule has 4 N–H and O–H groups in total. The quantitative estimate of drug-likeness (QED) is 0.779. The van der Waals surface area contributed by atoms with Gasteiger partial charge in [-0.3, -0.25) is 10.1 Å². The average Bonchev–Trinajstić information content (AvgIpc) is 2.52. The van der Waals surface area contributed by atoms with Crippen LogP contribution in [0.3, 0.4) is 0 Å². The van der Waals surface area contributed by atoms with Crippen LogP contribution in [0.15, 0.2) is 42.5 Å². The number of nitrogens with one attached hydrogen (secondary N) is 2. The van der Waals surface area contributed by atoms with Crippen molar-refractivity contribution in [3.8, 4) is 0 Å². The van der Waals surface area contributed by atoms with Crippen molar-refractivity contribution in [1.82, 2.24) is 10.6 Å². The first kappa shape index (κ1) is 16.0. The lowest BCUT2D eigenvalue weighted by Gasteiger charge is -2.13. The number of nitrogens with two attached hydrogens (primary N) is 1. The van der Waals surface area contributed by atoms with Gasteiger partial charge in [0.1, 0.15) is 6.04 Å². The summed E-state index contributed by atoms with van der Waals surface area (Å²) in [5.41, 5.74) is 1.18. The fourth-order valence-corrected chi connectivity index (χ4v) is 2.44. The number of fused-ring (bicyclic) bond motifs is 1. The molecule has 2 aromatic carbocycles. The summed E-state index contributed by atoms with van der Waals surface area (Å²) in [5, 5.41) is 9.15. The molecule has 1 atom stereocenters. The van der Waals surface area contributed by atoms with Gasteiger partial charge in [-0.1, -0.05) is 42.5 Å².